The quantitative estimate of drug-likeness (QED) is 0.521. The molecule has 0 radical (unpaired) electrons. The van der Waals surface area contributed by atoms with Crippen LogP contribution in [0, 0.1) is 6.92 Å². The van der Waals surface area contributed by atoms with Gasteiger partial charge in [-0.05, 0) is 43.9 Å². The van der Waals surface area contributed by atoms with Gasteiger partial charge in [0.15, 0.2) is 5.65 Å². The van der Waals surface area contributed by atoms with Crippen LogP contribution in [0.2, 0.25) is 0 Å². The lowest BCUT2D eigenvalue weighted by Gasteiger charge is -2.23. The van der Waals surface area contributed by atoms with E-state index in [2.05, 4.69) is 54.7 Å². The predicted octanol–water partition coefficient (Wildman–Crippen LogP) is 3.47. The van der Waals surface area contributed by atoms with Crippen molar-refractivity contribution < 1.29 is 14.2 Å². The van der Waals surface area contributed by atoms with E-state index in [0.717, 1.165) is 67.0 Å². The molecule has 9 nitrogen and oxygen atoms in total. The molecule has 0 saturated carbocycles. The molecule has 4 heterocycles. The van der Waals surface area contributed by atoms with Crippen LogP contribution in [0.1, 0.15) is 55.7 Å². The van der Waals surface area contributed by atoms with E-state index in [1.807, 2.05) is 6.20 Å². The molecule has 0 spiro atoms. The molecule has 182 valence electrons. The molecule has 0 aliphatic carbocycles. The van der Waals surface area contributed by atoms with Gasteiger partial charge in [-0.25, -0.2) is 0 Å². The summed E-state index contributed by atoms with van der Waals surface area (Å²) in [5.41, 5.74) is 4.05. The molecule has 2 unspecified atom stereocenters. The van der Waals surface area contributed by atoms with Gasteiger partial charge < -0.3 is 24.8 Å². The normalized spacial score (nSPS) is 20.7. The first kappa shape index (κ1) is 22.9. The Morgan fingerprint density at radius 3 is 2.88 bits per heavy atom. The Kier molecular flexibility index (Phi) is 6.82. The second-order valence-corrected chi connectivity index (χ2v) is 9.47. The average molecular weight is 467 g/mol. The third-order valence-corrected chi connectivity index (χ3v) is 6.36. The van der Waals surface area contributed by atoms with Crippen molar-refractivity contribution in [3.63, 3.8) is 0 Å². The number of hydrogen-bond donors (Lipinski definition) is 2. The van der Waals surface area contributed by atoms with Crippen LogP contribution in [-0.2, 0) is 11.3 Å². The maximum Gasteiger partial charge on any atom is 0.322 e. The van der Waals surface area contributed by atoms with Crippen LogP contribution in [0.15, 0.2) is 24.4 Å². The Hall–Kier alpha value is -2.91. The number of aromatic nitrogens is 4. The highest BCUT2D eigenvalue weighted by Gasteiger charge is 2.21. The summed E-state index contributed by atoms with van der Waals surface area (Å²) >= 11 is 0. The first-order valence-electron chi connectivity index (χ1n) is 12.3. The fraction of sp³-hybridized carbons (Fsp3) is 0.560. The first-order chi connectivity index (χ1) is 16.6. The minimum absolute atomic E-state index is 0.0696. The summed E-state index contributed by atoms with van der Waals surface area (Å²) in [6.07, 6.45) is 5.02. The van der Waals surface area contributed by atoms with Crippen LogP contribution in [0.3, 0.4) is 0 Å². The van der Waals surface area contributed by atoms with Crippen molar-refractivity contribution in [1.29, 1.82) is 0 Å². The van der Waals surface area contributed by atoms with Gasteiger partial charge in [-0.1, -0.05) is 26.0 Å². The van der Waals surface area contributed by atoms with Gasteiger partial charge in [-0.15, -0.1) is 0 Å². The number of anilines is 1. The van der Waals surface area contributed by atoms with Crippen molar-refractivity contribution in [1.82, 2.24) is 24.9 Å². The molecule has 2 aliphatic rings. The van der Waals surface area contributed by atoms with Gasteiger partial charge in [-0.2, -0.15) is 19.6 Å². The molecule has 0 amide bonds. The lowest BCUT2D eigenvalue weighted by Crippen LogP contribution is -2.37. The van der Waals surface area contributed by atoms with Crippen LogP contribution in [0.25, 0.3) is 5.65 Å². The molecule has 3 aromatic rings. The Labute approximate surface area is 200 Å². The number of fused-ring (bicyclic) bond motifs is 1. The lowest BCUT2D eigenvalue weighted by molar-refractivity contribution is 0.140. The predicted molar refractivity (Wildman–Crippen MR) is 130 cm³/mol. The van der Waals surface area contributed by atoms with Crippen molar-refractivity contribution >= 4 is 11.6 Å². The number of nitrogens with one attached hydrogen (secondary N) is 2. The second-order valence-electron chi connectivity index (χ2n) is 9.47. The fourth-order valence-electron chi connectivity index (χ4n) is 4.40. The molecule has 5 rings (SSSR count). The van der Waals surface area contributed by atoms with E-state index in [1.54, 1.807) is 4.52 Å². The molecule has 1 aromatic carbocycles. The van der Waals surface area contributed by atoms with E-state index in [0.29, 0.717) is 25.1 Å². The number of piperidine rings is 1. The van der Waals surface area contributed by atoms with Gasteiger partial charge in [0.25, 0.3) is 0 Å². The van der Waals surface area contributed by atoms with E-state index in [9.17, 15) is 0 Å². The number of benzene rings is 1. The van der Waals surface area contributed by atoms with Gasteiger partial charge in [0.2, 0.25) is 5.95 Å². The highest BCUT2D eigenvalue weighted by Crippen LogP contribution is 2.27. The van der Waals surface area contributed by atoms with Gasteiger partial charge >= 0.3 is 6.01 Å². The maximum atomic E-state index is 6.27. The molecule has 2 aromatic heterocycles. The highest BCUT2D eigenvalue weighted by molar-refractivity contribution is 5.53. The summed E-state index contributed by atoms with van der Waals surface area (Å²) in [6.45, 7) is 10.1. The summed E-state index contributed by atoms with van der Waals surface area (Å²) < 4.78 is 19.7. The Bertz CT molecular complexity index is 1120. The number of hydrogen-bond acceptors (Lipinski definition) is 8. The zero-order chi connectivity index (χ0) is 23.5. The standard InChI is InChI=1S/C25H34N6O3/c1-16(2)21-14-28-31-23(21)29-25(34-19-5-4-9-26-13-19)30-24(31)27-12-18-7-6-17(3)11-22(18)33-20-8-10-32-15-20/h6-7,11,14,16,19-20,26H,4-5,8-10,12-13,15H2,1-3H3,(H,27,29,30). The van der Waals surface area contributed by atoms with Crippen molar-refractivity contribution in [3.8, 4) is 11.8 Å². The number of rotatable bonds is 8. The monoisotopic (exact) mass is 466 g/mol. The van der Waals surface area contributed by atoms with E-state index in [-0.39, 0.29) is 18.1 Å². The largest absolute Gasteiger partial charge is 0.488 e. The molecule has 2 atom stereocenters. The summed E-state index contributed by atoms with van der Waals surface area (Å²) in [5, 5.41) is 11.4. The smallest absolute Gasteiger partial charge is 0.322 e. The third kappa shape index (κ3) is 5.10. The average Bonchev–Trinajstić information content (AvgIpc) is 3.49. The van der Waals surface area contributed by atoms with Crippen molar-refractivity contribution in [3.05, 3.63) is 41.1 Å². The minimum atomic E-state index is 0.0696. The van der Waals surface area contributed by atoms with Crippen LogP contribution >= 0.6 is 0 Å². The minimum Gasteiger partial charge on any atom is -0.488 e. The van der Waals surface area contributed by atoms with Crippen molar-refractivity contribution in [2.75, 3.05) is 31.6 Å². The van der Waals surface area contributed by atoms with Crippen LogP contribution < -0.4 is 20.1 Å². The molecule has 0 bridgehead atoms. The fourth-order valence-corrected chi connectivity index (χ4v) is 4.40. The Morgan fingerprint density at radius 1 is 1.21 bits per heavy atom. The van der Waals surface area contributed by atoms with Crippen molar-refractivity contribution in [2.24, 2.45) is 0 Å². The summed E-state index contributed by atoms with van der Waals surface area (Å²) in [5.74, 6) is 1.77. The topological polar surface area (TPSA) is 94.8 Å². The zero-order valence-corrected chi connectivity index (χ0v) is 20.2. The Balaban J connectivity index is 1.41. The molecule has 2 fully saturated rings. The van der Waals surface area contributed by atoms with Crippen LogP contribution in [-0.4, -0.2) is 58.1 Å². The molecule has 34 heavy (non-hydrogen) atoms. The molecule has 2 aliphatic heterocycles. The molecular formula is C25H34N6O3. The van der Waals surface area contributed by atoms with Crippen LogP contribution in [0.4, 0.5) is 5.95 Å². The number of nitrogens with zero attached hydrogens (tertiary/aromatic N) is 4. The van der Waals surface area contributed by atoms with E-state index >= 15 is 0 Å². The molecular weight excluding hydrogens is 432 g/mol. The van der Waals surface area contributed by atoms with E-state index in [4.69, 9.17) is 24.2 Å². The third-order valence-electron chi connectivity index (χ3n) is 6.36. The number of aryl methyl sites for hydroxylation is 1. The highest BCUT2D eigenvalue weighted by atomic mass is 16.5. The molecule has 9 heteroatoms. The summed E-state index contributed by atoms with van der Waals surface area (Å²) in [4.78, 5) is 9.43. The summed E-state index contributed by atoms with van der Waals surface area (Å²) in [6, 6.07) is 6.66. The van der Waals surface area contributed by atoms with Crippen LogP contribution in [0.5, 0.6) is 11.8 Å². The van der Waals surface area contributed by atoms with Gasteiger partial charge in [-0.3, -0.25) is 0 Å². The van der Waals surface area contributed by atoms with Gasteiger partial charge in [0, 0.05) is 30.6 Å². The van der Waals surface area contributed by atoms with Gasteiger partial charge in [0.05, 0.1) is 19.4 Å². The van der Waals surface area contributed by atoms with Gasteiger partial charge in [0.1, 0.15) is 18.0 Å². The second kappa shape index (κ2) is 10.1. The molecule has 2 N–H and O–H groups in total. The maximum absolute atomic E-state index is 6.27. The lowest BCUT2D eigenvalue weighted by atomic mass is 10.1. The first-order valence-corrected chi connectivity index (χ1v) is 12.3. The van der Waals surface area contributed by atoms with Crippen molar-refractivity contribution in [2.45, 2.75) is 64.7 Å². The van der Waals surface area contributed by atoms with E-state index < -0.39 is 0 Å². The van der Waals surface area contributed by atoms with E-state index in [1.165, 1.54) is 0 Å². The molecule has 2 saturated heterocycles. The summed E-state index contributed by atoms with van der Waals surface area (Å²) in [7, 11) is 0. The SMILES string of the molecule is Cc1ccc(CNc2nc(OC3CCCNC3)nc3c(C(C)C)cnn23)c(OC2CCOC2)c1. The zero-order valence-electron chi connectivity index (χ0n) is 20.2. The Morgan fingerprint density at radius 2 is 2.12 bits per heavy atom. The number of ether oxygens (including phenoxy) is 3.